The van der Waals surface area contributed by atoms with E-state index in [1.54, 1.807) is 6.07 Å². The predicted molar refractivity (Wildman–Crippen MR) is 73.4 cm³/mol. The maximum absolute atomic E-state index is 13.4. The van der Waals surface area contributed by atoms with Crippen LogP contribution in [0.25, 0.3) is 0 Å². The summed E-state index contributed by atoms with van der Waals surface area (Å²) in [7, 11) is 0. The monoisotopic (exact) mass is 340 g/mol. The summed E-state index contributed by atoms with van der Waals surface area (Å²) in [5.41, 5.74) is 1.05. The zero-order chi connectivity index (χ0) is 14.3. The van der Waals surface area contributed by atoms with Crippen molar-refractivity contribution in [3.8, 4) is 5.75 Å². The van der Waals surface area contributed by atoms with E-state index in [-0.39, 0.29) is 12.2 Å². The van der Waals surface area contributed by atoms with Crippen LogP contribution in [0.1, 0.15) is 29.8 Å². The van der Waals surface area contributed by atoms with Gasteiger partial charge in [0.05, 0.1) is 6.10 Å². The van der Waals surface area contributed by atoms with Gasteiger partial charge in [0, 0.05) is 22.0 Å². The molecule has 0 amide bonds. The van der Waals surface area contributed by atoms with E-state index in [4.69, 9.17) is 4.74 Å². The van der Waals surface area contributed by atoms with Gasteiger partial charge >= 0.3 is 0 Å². The zero-order valence-corrected chi connectivity index (χ0v) is 11.9. The third kappa shape index (κ3) is 2.43. The fourth-order valence-electron chi connectivity index (χ4n) is 2.37. The molecule has 1 unspecified atom stereocenters. The van der Waals surface area contributed by atoms with E-state index in [0.29, 0.717) is 21.3 Å². The smallest absolute Gasteiger partial charge is 0.128 e. The van der Waals surface area contributed by atoms with Crippen LogP contribution in [0, 0.1) is 11.6 Å². The van der Waals surface area contributed by atoms with E-state index in [1.165, 1.54) is 30.3 Å². The Morgan fingerprint density at radius 2 is 1.70 bits per heavy atom. The molecular formula is C15H11BrF2O2. The average Bonchev–Trinajstić information content (AvgIpc) is 2.42. The Kier molecular flexibility index (Phi) is 3.48. The Balaban J connectivity index is 1.99. The quantitative estimate of drug-likeness (QED) is 0.839. The van der Waals surface area contributed by atoms with Gasteiger partial charge in [-0.1, -0.05) is 15.9 Å². The van der Waals surface area contributed by atoms with Gasteiger partial charge in [-0.2, -0.15) is 0 Å². The lowest BCUT2D eigenvalue weighted by Crippen LogP contribution is -2.19. The molecule has 0 aliphatic carbocycles. The molecule has 1 aliphatic rings. The largest absolute Gasteiger partial charge is 0.485 e. The highest BCUT2D eigenvalue weighted by atomic mass is 79.9. The first-order chi connectivity index (χ1) is 9.54. The first-order valence-electron chi connectivity index (χ1n) is 6.13. The van der Waals surface area contributed by atoms with Crippen LogP contribution in [0.4, 0.5) is 8.78 Å². The fraction of sp³-hybridized carbons (Fsp3) is 0.200. The van der Waals surface area contributed by atoms with Crippen LogP contribution < -0.4 is 4.74 Å². The molecule has 3 rings (SSSR count). The number of halogens is 3. The fourth-order valence-corrected chi connectivity index (χ4v) is 2.87. The highest BCUT2D eigenvalue weighted by molar-refractivity contribution is 9.10. The van der Waals surface area contributed by atoms with Crippen molar-refractivity contribution in [2.75, 3.05) is 0 Å². The molecule has 2 nitrogen and oxygen atoms in total. The van der Waals surface area contributed by atoms with E-state index in [2.05, 4.69) is 15.9 Å². The summed E-state index contributed by atoms with van der Waals surface area (Å²) in [5.74, 6) is -0.366. The molecule has 0 saturated carbocycles. The second-order valence-corrected chi connectivity index (χ2v) is 5.56. The number of benzene rings is 2. The minimum absolute atomic E-state index is 0.249. The maximum Gasteiger partial charge on any atom is 0.128 e. The SMILES string of the molecule is O[C@H]1CC(c2cc(F)ccc2Br)Oc2ccc(F)cc21. The van der Waals surface area contributed by atoms with Crippen molar-refractivity contribution < 1.29 is 18.6 Å². The van der Waals surface area contributed by atoms with Crippen LogP contribution in [-0.2, 0) is 0 Å². The number of ether oxygens (including phenoxy) is 1. The molecular weight excluding hydrogens is 330 g/mol. The Morgan fingerprint density at radius 3 is 2.45 bits per heavy atom. The molecule has 2 atom stereocenters. The first-order valence-corrected chi connectivity index (χ1v) is 6.93. The topological polar surface area (TPSA) is 29.5 Å². The summed E-state index contributed by atoms with van der Waals surface area (Å²) in [5, 5.41) is 10.1. The van der Waals surface area contributed by atoms with Crippen LogP contribution in [0.3, 0.4) is 0 Å². The Bertz CT molecular complexity index is 660. The van der Waals surface area contributed by atoms with Crippen molar-refractivity contribution in [1.82, 2.24) is 0 Å². The highest BCUT2D eigenvalue weighted by Crippen LogP contribution is 2.42. The van der Waals surface area contributed by atoms with Gasteiger partial charge in [0.15, 0.2) is 0 Å². The lowest BCUT2D eigenvalue weighted by atomic mass is 9.95. The van der Waals surface area contributed by atoms with Crippen LogP contribution in [0.15, 0.2) is 40.9 Å². The minimum Gasteiger partial charge on any atom is -0.485 e. The number of rotatable bonds is 1. The summed E-state index contributed by atoms with van der Waals surface area (Å²) in [6, 6.07) is 8.32. The molecule has 0 aromatic heterocycles. The van der Waals surface area contributed by atoms with E-state index in [9.17, 15) is 13.9 Å². The molecule has 1 N–H and O–H groups in total. The number of hydrogen-bond donors (Lipinski definition) is 1. The van der Waals surface area contributed by atoms with Gasteiger partial charge in [0.25, 0.3) is 0 Å². The van der Waals surface area contributed by atoms with Crippen molar-refractivity contribution >= 4 is 15.9 Å². The predicted octanol–water partition coefficient (Wildman–Crippen LogP) is 4.28. The molecule has 2 aromatic rings. The summed E-state index contributed by atoms with van der Waals surface area (Å²) >= 11 is 3.35. The third-order valence-electron chi connectivity index (χ3n) is 3.34. The number of fused-ring (bicyclic) bond motifs is 1. The van der Waals surface area contributed by atoms with Crippen LogP contribution in [0.5, 0.6) is 5.75 Å². The summed E-state index contributed by atoms with van der Waals surface area (Å²) < 4.78 is 33.0. The molecule has 0 saturated heterocycles. The van der Waals surface area contributed by atoms with Gasteiger partial charge in [-0.15, -0.1) is 0 Å². The van der Waals surface area contributed by atoms with Crippen molar-refractivity contribution in [3.63, 3.8) is 0 Å². The Labute approximate surface area is 123 Å². The standard InChI is InChI=1S/C15H11BrF2O2/c16-12-3-1-8(17)5-10(12)15-7-13(19)11-6-9(18)2-4-14(11)20-15/h1-6,13,15,19H,7H2/t13-,15?/m0/s1. The summed E-state index contributed by atoms with van der Waals surface area (Å²) in [6.45, 7) is 0. The van der Waals surface area contributed by atoms with Gasteiger partial charge in [0.1, 0.15) is 23.5 Å². The lowest BCUT2D eigenvalue weighted by molar-refractivity contribution is 0.0648. The van der Waals surface area contributed by atoms with Crippen LogP contribution in [-0.4, -0.2) is 5.11 Å². The maximum atomic E-state index is 13.4. The first kappa shape index (κ1) is 13.5. The number of aliphatic hydroxyl groups is 1. The van der Waals surface area contributed by atoms with Crippen molar-refractivity contribution in [1.29, 1.82) is 0 Å². The van der Waals surface area contributed by atoms with Gasteiger partial charge < -0.3 is 9.84 Å². The van der Waals surface area contributed by atoms with Crippen molar-refractivity contribution in [3.05, 3.63) is 63.6 Å². The van der Waals surface area contributed by atoms with Gasteiger partial charge in [-0.25, -0.2) is 8.78 Å². The zero-order valence-electron chi connectivity index (χ0n) is 10.3. The Morgan fingerprint density at radius 1 is 1.05 bits per heavy atom. The molecule has 1 heterocycles. The molecule has 104 valence electrons. The number of aliphatic hydroxyl groups excluding tert-OH is 1. The minimum atomic E-state index is -0.838. The highest BCUT2D eigenvalue weighted by Gasteiger charge is 2.29. The number of hydrogen-bond acceptors (Lipinski definition) is 2. The van der Waals surface area contributed by atoms with Crippen molar-refractivity contribution in [2.24, 2.45) is 0 Å². The molecule has 0 fully saturated rings. The molecule has 0 radical (unpaired) electrons. The molecule has 0 spiro atoms. The second kappa shape index (κ2) is 5.14. The lowest BCUT2D eigenvalue weighted by Gasteiger charge is -2.30. The molecule has 2 aromatic carbocycles. The Hall–Kier alpha value is -1.46. The molecule has 0 bridgehead atoms. The molecule has 1 aliphatic heterocycles. The summed E-state index contributed by atoms with van der Waals surface area (Å²) in [6.07, 6.45) is -1.07. The van der Waals surface area contributed by atoms with Crippen molar-refractivity contribution in [2.45, 2.75) is 18.6 Å². The summed E-state index contributed by atoms with van der Waals surface area (Å²) in [4.78, 5) is 0. The third-order valence-corrected chi connectivity index (χ3v) is 4.06. The van der Waals surface area contributed by atoms with E-state index in [0.717, 1.165) is 0 Å². The van der Waals surface area contributed by atoms with Crippen LogP contribution >= 0.6 is 15.9 Å². The van der Waals surface area contributed by atoms with Gasteiger partial charge in [-0.05, 0) is 36.4 Å². The van der Waals surface area contributed by atoms with E-state index >= 15 is 0 Å². The molecule has 20 heavy (non-hydrogen) atoms. The van der Waals surface area contributed by atoms with Gasteiger partial charge in [-0.3, -0.25) is 0 Å². The normalized spacial score (nSPS) is 21.2. The second-order valence-electron chi connectivity index (χ2n) is 4.71. The molecule has 5 heteroatoms. The van der Waals surface area contributed by atoms with E-state index in [1.807, 2.05) is 0 Å². The van der Waals surface area contributed by atoms with Gasteiger partial charge in [0.2, 0.25) is 0 Å². The van der Waals surface area contributed by atoms with E-state index < -0.39 is 18.0 Å². The van der Waals surface area contributed by atoms with Crippen LogP contribution in [0.2, 0.25) is 0 Å². The average molecular weight is 341 g/mol.